The summed E-state index contributed by atoms with van der Waals surface area (Å²) in [6.45, 7) is 2.11. The molecule has 0 fully saturated rings. The largest absolute Gasteiger partial charge is 0.364 e. The maximum Gasteiger partial charge on any atom is 0.364 e. The number of rotatable bonds is 3. The fraction of sp³-hybridized carbons (Fsp3) is 0.0417. The van der Waals surface area contributed by atoms with E-state index in [9.17, 15) is 0 Å². The van der Waals surface area contributed by atoms with Gasteiger partial charge in [-0.15, -0.1) is 0 Å². The fourth-order valence-corrected chi connectivity index (χ4v) is 3.24. The molecular formula is C24H18ClO+. The Bertz CT molecular complexity index is 962. The molecule has 0 N–H and O–H groups in total. The topological polar surface area (TPSA) is 11.3 Å². The lowest BCUT2D eigenvalue weighted by Gasteiger charge is -2.06. The van der Waals surface area contributed by atoms with Crippen LogP contribution in [0.1, 0.15) is 5.56 Å². The first-order chi connectivity index (χ1) is 12.7. The van der Waals surface area contributed by atoms with Crippen molar-refractivity contribution in [2.45, 2.75) is 6.92 Å². The van der Waals surface area contributed by atoms with Crippen LogP contribution in [0.2, 0.25) is 5.02 Å². The van der Waals surface area contributed by atoms with Crippen LogP contribution in [0.15, 0.2) is 95.4 Å². The van der Waals surface area contributed by atoms with Gasteiger partial charge in [-0.2, -0.15) is 0 Å². The molecule has 0 aliphatic heterocycles. The summed E-state index contributed by atoms with van der Waals surface area (Å²) >= 11 is 6.05. The van der Waals surface area contributed by atoms with E-state index in [0.717, 1.165) is 28.2 Å². The second-order valence-electron chi connectivity index (χ2n) is 6.22. The summed E-state index contributed by atoms with van der Waals surface area (Å²) in [4.78, 5) is 0. The molecule has 0 saturated carbocycles. The molecule has 0 radical (unpaired) electrons. The highest BCUT2D eigenvalue weighted by atomic mass is 35.5. The predicted molar refractivity (Wildman–Crippen MR) is 109 cm³/mol. The molecule has 0 bridgehead atoms. The maximum atomic E-state index is 6.34. The van der Waals surface area contributed by atoms with Crippen LogP contribution in [0.5, 0.6) is 0 Å². The van der Waals surface area contributed by atoms with Gasteiger partial charge in [-0.05, 0) is 48.9 Å². The SMILES string of the molecule is Cc1c(-c2ccccc2)cc(-c2ccc(Cl)cc2)[o+]c1-c1ccccc1. The van der Waals surface area contributed by atoms with Gasteiger partial charge < -0.3 is 0 Å². The van der Waals surface area contributed by atoms with Crippen LogP contribution in [0.3, 0.4) is 0 Å². The lowest BCUT2D eigenvalue weighted by atomic mass is 9.96. The average Bonchev–Trinajstić information content (AvgIpc) is 2.70. The molecule has 0 saturated heterocycles. The first-order valence-corrected chi connectivity index (χ1v) is 8.95. The van der Waals surface area contributed by atoms with E-state index in [1.165, 1.54) is 11.1 Å². The van der Waals surface area contributed by atoms with Gasteiger partial charge in [0.15, 0.2) is 0 Å². The Morgan fingerprint density at radius 2 is 1.23 bits per heavy atom. The van der Waals surface area contributed by atoms with Crippen molar-refractivity contribution in [1.82, 2.24) is 0 Å². The molecule has 0 atom stereocenters. The highest BCUT2D eigenvalue weighted by Crippen LogP contribution is 2.36. The molecule has 3 aromatic carbocycles. The van der Waals surface area contributed by atoms with E-state index in [-0.39, 0.29) is 0 Å². The summed E-state index contributed by atoms with van der Waals surface area (Å²) < 4.78 is 6.34. The molecule has 0 amide bonds. The fourth-order valence-electron chi connectivity index (χ4n) is 3.12. The molecule has 1 aromatic heterocycles. The Balaban J connectivity index is 1.97. The van der Waals surface area contributed by atoms with E-state index in [4.69, 9.17) is 16.0 Å². The van der Waals surface area contributed by atoms with Crippen molar-refractivity contribution in [2.24, 2.45) is 0 Å². The zero-order valence-electron chi connectivity index (χ0n) is 14.4. The molecule has 0 aliphatic carbocycles. The summed E-state index contributed by atoms with van der Waals surface area (Å²) in [5.74, 6) is 1.71. The molecule has 0 spiro atoms. The van der Waals surface area contributed by atoms with Crippen molar-refractivity contribution in [3.8, 4) is 33.8 Å². The van der Waals surface area contributed by atoms with Crippen molar-refractivity contribution in [2.75, 3.05) is 0 Å². The van der Waals surface area contributed by atoms with Gasteiger partial charge in [0.25, 0.3) is 0 Å². The minimum Gasteiger partial charge on any atom is -0.206 e. The lowest BCUT2D eigenvalue weighted by molar-refractivity contribution is 0.578. The minimum atomic E-state index is 0.715. The van der Waals surface area contributed by atoms with Gasteiger partial charge in [0.1, 0.15) is 0 Å². The van der Waals surface area contributed by atoms with E-state index in [1.807, 2.05) is 48.5 Å². The van der Waals surface area contributed by atoms with Crippen molar-refractivity contribution < 1.29 is 4.42 Å². The summed E-state index contributed by atoms with van der Waals surface area (Å²) in [6.07, 6.45) is 0. The second-order valence-corrected chi connectivity index (χ2v) is 6.65. The summed E-state index contributed by atoms with van der Waals surface area (Å²) in [5, 5.41) is 0.715. The van der Waals surface area contributed by atoms with Crippen molar-refractivity contribution >= 4 is 11.6 Å². The third-order valence-electron chi connectivity index (χ3n) is 4.48. The van der Waals surface area contributed by atoms with Gasteiger partial charge in [0, 0.05) is 10.6 Å². The van der Waals surface area contributed by atoms with E-state index in [2.05, 4.69) is 49.4 Å². The van der Waals surface area contributed by atoms with Gasteiger partial charge in [0.05, 0.1) is 22.8 Å². The van der Waals surface area contributed by atoms with Crippen molar-refractivity contribution in [1.29, 1.82) is 0 Å². The minimum absolute atomic E-state index is 0.715. The van der Waals surface area contributed by atoms with Crippen molar-refractivity contribution in [3.05, 3.63) is 102 Å². The highest BCUT2D eigenvalue weighted by molar-refractivity contribution is 6.30. The van der Waals surface area contributed by atoms with Crippen LogP contribution in [0, 0.1) is 6.92 Å². The maximum absolute atomic E-state index is 6.34. The summed E-state index contributed by atoms with van der Waals surface area (Å²) in [6, 6.07) is 30.5. The monoisotopic (exact) mass is 357 g/mol. The van der Waals surface area contributed by atoms with E-state index >= 15 is 0 Å². The third-order valence-corrected chi connectivity index (χ3v) is 4.73. The number of hydrogen-bond donors (Lipinski definition) is 0. The summed E-state index contributed by atoms with van der Waals surface area (Å²) in [5.41, 5.74) is 5.54. The Morgan fingerprint density at radius 1 is 0.654 bits per heavy atom. The van der Waals surface area contributed by atoms with Crippen LogP contribution >= 0.6 is 11.6 Å². The zero-order chi connectivity index (χ0) is 17.9. The number of hydrogen-bond acceptors (Lipinski definition) is 0. The molecular weight excluding hydrogens is 340 g/mol. The van der Waals surface area contributed by atoms with Gasteiger partial charge in [-0.3, -0.25) is 0 Å². The van der Waals surface area contributed by atoms with E-state index < -0.39 is 0 Å². The number of halogens is 1. The normalized spacial score (nSPS) is 10.7. The van der Waals surface area contributed by atoms with Gasteiger partial charge in [0.2, 0.25) is 0 Å². The van der Waals surface area contributed by atoms with E-state index in [0.29, 0.717) is 5.02 Å². The Morgan fingerprint density at radius 3 is 1.85 bits per heavy atom. The quantitative estimate of drug-likeness (QED) is 0.345. The second kappa shape index (κ2) is 7.15. The molecule has 0 unspecified atom stereocenters. The lowest BCUT2D eigenvalue weighted by Crippen LogP contribution is -1.91. The Hall–Kier alpha value is -2.90. The Kier molecular flexibility index (Phi) is 4.55. The smallest absolute Gasteiger partial charge is 0.206 e. The molecule has 26 heavy (non-hydrogen) atoms. The molecule has 2 heteroatoms. The summed E-state index contributed by atoms with van der Waals surface area (Å²) in [7, 11) is 0. The standard InChI is InChI=1S/C24H18ClO/c1-17-22(18-8-4-2-5-9-18)16-23(19-12-14-21(25)15-13-19)26-24(17)20-10-6-3-7-11-20/h2-16H,1H3/q+1. The van der Waals surface area contributed by atoms with Crippen LogP contribution in [0.25, 0.3) is 33.8 Å². The molecule has 0 aliphatic rings. The molecule has 4 rings (SSSR count). The van der Waals surface area contributed by atoms with Gasteiger partial charge in [-0.25, -0.2) is 4.42 Å². The molecule has 1 heterocycles. The first-order valence-electron chi connectivity index (χ1n) is 8.57. The van der Waals surface area contributed by atoms with Crippen LogP contribution < -0.4 is 0 Å². The van der Waals surface area contributed by atoms with Crippen LogP contribution in [0.4, 0.5) is 0 Å². The molecule has 4 aromatic rings. The van der Waals surface area contributed by atoms with Gasteiger partial charge >= 0.3 is 11.5 Å². The number of benzene rings is 3. The van der Waals surface area contributed by atoms with E-state index in [1.54, 1.807) is 0 Å². The van der Waals surface area contributed by atoms with Crippen LogP contribution in [-0.4, -0.2) is 0 Å². The van der Waals surface area contributed by atoms with Crippen molar-refractivity contribution in [3.63, 3.8) is 0 Å². The molecule has 1 nitrogen and oxygen atoms in total. The van der Waals surface area contributed by atoms with Gasteiger partial charge in [-0.1, -0.05) is 60.1 Å². The Labute approximate surface area is 158 Å². The first kappa shape index (κ1) is 16.6. The highest BCUT2D eigenvalue weighted by Gasteiger charge is 2.24. The zero-order valence-corrected chi connectivity index (χ0v) is 15.2. The third kappa shape index (κ3) is 3.26. The van der Waals surface area contributed by atoms with Crippen LogP contribution in [-0.2, 0) is 0 Å². The molecule has 126 valence electrons. The average molecular weight is 358 g/mol. The predicted octanol–water partition coefficient (Wildman–Crippen LogP) is 7.52.